The van der Waals surface area contributed by atoms with Crippen LogP contribution in [0.15, 0.2) is 33.7 Å². The molecule has 2 saturated heterocycles. The van der Waals surface area contributed by atoms with Gasteiger partial charge in [-0.15, -0.1) is 0 Å². The maximum absolute atomic E-state index is 14.0. The standard InChI is InChI=1S/C23H29FN4O4S/c1-17-22(21(32-25-17)10-9-18-6-3-4-8-20(18)24)33(30,31)28-11-5-7-19(16-28)23(29)27-14-12-26(2)13-15-27/h3-4,6,8-10,19H,5,7,11-16H2,1-2H3. The molecule has 33 heavy (non-hydrogen) atoms. The Morgan fingerprint density at radius 3 is 2.61 bits per heavy atom. The third kappa shape index (κ3) is 5.02. The molecule has 0 radical (unpaired) electrons. The maximum Gasteiger partial charge on any atom is 0.248 e. The van der Waals surface area contributed by atoms with Gasteiger partial charge in [0.25, 0.3) is 0 Å². The lowest BCUT2D eigenvalue weighted by atomic mass is 9.98. The minimum atomic E-state index is -3.95. The van der Waals surface area contributed by atoms with E-state index in [0.717, 1.165) is 13.1 Å². The predicted molar refractivity (Wildman–Crippen MR) is 122 cm³/mol. The fourth-order valence-electron chi connectivity index (χ4n) is 4.35. The molecule has 0 bridgehead atoms. The van der Waals surface area contributed by atoms with E-state index in [4.69, 9.17) is 4.52 Å². The lowest BCUT2D eigenvalue weighted by Crippen LogP contribution is -2.52. The minimum Gasteiger partial charge on any atom is -0.355 e. The minimum absolute atomic E-state index is 0.0183. The molecule has 0 saturated carbocycles. The number of carbonyl (C=O) groups is 1. The van der Waals surface area contributed by atoms with Crippen LogP contribution in [0.4, 0.5) is 4.39 Å². The fourth-order valence-corrected chi connectivity index (χ4v) is 6.12. The Bertz CT molecular complexity index is 1140. The van der Waals surface area contributed by atoms with Crippen LogP contribution < -0.4 is 0 Å². The van der Waals surface area contributed by atoms with E-state index in [1.54, 1.807) is 25.1 Å². The lowest BCUT2D eigenvalue weighted by Gasteiger charge is -2.37. The van der Waals surface area contributed by atoms with Crippen LogP contribution in [0.3, 0.4) is 0 Å². The normalized spacial score (nSPS) is 21.1. The maximum atomic E-state index is 14.0. The summed E-state index contributed by atoms with van der Waals surface area (Å²) in [5.41, 5.74) is 0.543. The van der Waals surface area contributed by atoms with Crippen molar-refractivity contribution in [2.75, 3.05) is 46.3 Å². The first-order valence-corrected chi connectivity index (χ1v) is 12.6. The highest BCUT2D eigenvalue weighted by Gasteiger charge is 2.38. The first kappa shape index (κ1) is 23.6. The zero-order valence-electron chi connectivity index (χ0n) is 18.9. The molecule has 1 atom stereocenters. The number of aryl methyl sites for hydroxylation is 1. The summed E-state index contributed by atoms with van der Waals surface area (Å²) in [5, 5.41) is 3.84. The van der Waals surface area contributed by atoms with Gasteiger partial charge in [0.15, 0.2) is 10.7 Å². The average Bonchev–Trinajstić information content (AvgIpc) is 3.19. The molecule has 3 heterocycles. The number of aromatic nitrogens is 1. The number of piperazine rings is 1. The van der Waals surface area contributed by atoms with Gasteiger partial charge in [0.2, 0.25) is 15.9 Å². The van der Waals surface area contributed by atoms with Crippen LogP contribution in [0.5, 0.6) is 0 Å². The van der Waals surface area contributed by atoms with Crippen LogP contribution in [-0.2, 0) is 14.8 Å². The number of rotatable bonds is 5. The number of hydrogen-bond donors (Lipinski definition) is 0. The number of likely N-dealkylation sites (N-methyl/N-ethyl adjacent to an activating group) is 1. The van der Waals surface area contributed by atoms with Crippen LogP contribution in [0.25, 0.3) is 12.2 Å². The van der Waals surface area contributed by atoms with Crippen molar-refractivity contribution in [1.29, 1.82) is 0 Å². The number of hydrogen-bond acceptors (Lipinski definition) is 6. The summed E-state index contributed by atoms with van der Waals surface area (Å²) in [6.45, 7) is 4.98. The van der Waals surface area contributed by atoms with Crippen LogP contribution in [0, 0.1) is 18.7 Å². The van der Waals surface area contributed by atoms with Crippen molar-refractivity contribution >= 4 is 28.1 Å². The topological polar surface area (TPSA) is 87.0 Å². The molecule has 4 rings (SSSR count). The summed E-state index contributed by atoms with van der Waals surface area (Å²) in [6.07, 6.45) is 4.15. The summed E-state index contributed by atoms with van der Waals surface area (Å²) < 4.78 is 47.7. The molecular weight excluding hydrogens is 447 g/mol. The Balaban J connectivity index is 1.54. The molecule has 2 aromatic rings. The highest BCUT2D eigenvalue weighted by atomic mass is 32.2. The van der Waals surface area contributed by atoms with Crippen LogP contribution in [-0.4, -0.2) is 79.9 Å². The van der Waals surface area contributed by atoms with Crippen molar-refractivity contribution in [1.82, 2.24) is 19.3 Å². The summed E-state index contributed by atoms with van der Waals surface area (Å²) in [5.74, 6) is -0.724. The average molecular weight is 477 g/mol. The Morgan fingerprint density at radius 1 is 1.15 bits per heavy atom. The SMILES string of the molecule is Cc1noc(C=Cc2ccccc2F)c1S(=O)(=O)N1CCCC(C(=O)N2CCN(C)CC2)C1. The summed E-state index contributed by atoms with van der Waals surface area (Å²) >= 11 is 0. The number of amides is 1. The van der Waals surface area contributed by atoms with E-state index in [0.29, 0.717) is 38.0 Å². The molecule has 1 unspecified atom stereocenters. The number of sulfonamides is 1. The zero-order valence-corrected chi connectivity index (χ0v) is 19.7. The number of nitrogens with zero attached hydrogens (tertiary/aromatic N) is 4. The molecule has 2 fully saturated rings. The molecule has 1 aromatic heterocycles. The highest BCUT2D eigenvalue weighted by molar-refractivity contribution is 7.89. The van der Waals surface area contributed by atoms with Gasteiger partial charge in [0.05, 0.1) is 5.92 Å². The molecule has 0 aliphatic carbocycles. The van der Waals surface area contributed by atoms with Crippen molar-refractivity contribution < 1.29 is 22.1 Å². The van der Waals surface area contributed by atoms with E-state index in [1.807, 2.05) is 11.9 Å². The monoisotopic (exact) mass is 476 g/mol. The largest absolute Gasteiger partial charge is 0.355 e. The van der Waals surface area contributed by atoms with Gasteiger partial charge in [-0.3, -0.25) is 4.79 Å². The third-order valence-electron chi connectivity index (χ3n) is 6.30. The van der Waals surface area contributed by atoms with E-state index in [2.05, 4.69) is 10.1 Å². The van der Waals surface area contributed by atoms with Gasteiger partial charge in [-0.2, -0.15) is 4.31 Å². The van der Waals surface area contributed by atoms with E-state index in [1.165, 1.54) is 22.5 Å². The molecular formula is C23H29FN4O4S. The van der Waals surface area contributed by atoms with Gasteiger partial charge in [0.1, 0.15) is 11.5 Å². The Morgan fingerprint density at radius 2 is 1.88 bits per heavy atom. The quantitative estimate of drug-likeness (QED) is 0.659. The van der Waals surface area contributed by atoms with Crippen molar-refractivity contribution in [2.45, 2.75) is 24.7 Å². The Hall–Kier alpha value is -2.56. The van der Waals surface area contributed by atoms with E-state index in [9.17, 15) is 17.6 Å². The second-order valence-electron chi connectivity index (χ2n) is 8.65. The molecule has 1 aromatic carbocycles. The van der Waals surface area contributed by atoms with Gasteiger partial charge >= 0.3 is 0 Å². The molecule has 2 aliphatic heterocycles. The molecule has 0 N–H and O–H groups in total. The van der Waals surface area contributed by atoms with Gasteiger partial charge in [-0.1, -0.05) is 23.4 Å². The number of piperidine rings is 1. The van der Waals surface area contributed by atoms with Crippen molar-refractivity contribution in [2.24, 2.45) is 5.92 Å². The van der Waals surface area contributed by atoms with E-state index in [-0.39, 0.29) is 34.7 Å². The molecule has 1 amide bonds. The van der Waals surface area contributed by atoms with Crippen molar-refractivity contribution in [3.05, 3.63) is 47.1 Å². The number of halogens is 1. The van der Waals surface area contributed by atoms with Gasteiger partial charge in [0, 0.05) is 44.8 Å². The zero-order chi connectivity index (χ0) is 23.6. The first-order chi connectivity index (χ1) is 15.8. The van der Waals surface area contributed by atoms with Gasteiger partial charge < -0.3 is 14.3 Å². The molecule has 8 nitrogen and oxygen atoms in total. The Labute approximate surface area is 193 Å². The highest BCUT2D eigenvalue weighted by Crippen LogP contribution is 2.30. The molecule has 0 spiro atoms. The third-order valence-corrected chi connectivity index (χ3v) is 8.32. The smallest absolute Gasteiger partial charge is 0.248 e. The second-order valence-corrected chi connectivity index (χ2v) is 10.5. The Kier molecular flexibility index (Phi) is 6.96. The summed E-state index contributed by atoms with van der Waals surface area (Å²) in [4.78, 5) is 17.0. The van der Waals surface area contributed by atoms with Crippen molar-refractivity contribution in [3.8, 4) is 0 Å². The first-order valence-electron chi connectivity index (χ1n) is 11.1. The van der Waals surface area contributed by atoms with Gasteiger partial charge in [-0.25, -0.2) is 12.8 Å². The predicted octanol–water partition coefficient (Wildman–Crippen LogP) is 2.47. The number of carbonyl (C=O) groups excluding carboxylic acids is 1. The second kappa shape index (κ2) is 9.74. The van der Waals surface area contributed by atoms with Gasteiger partial charge in [-0.05, 0) is 45.0 Å². The van der Waals surface area contributed by atoms with E-state index < -0.39 is 15.8 Å². The van der Waals surface area contributed by atoms with Crippen LogP contribution >= 0.6 is 0 Å². The van der Waals surface area contributed by atoms with Crippen LogP contribution in [0.1, 0.15) is 29.9 Å². The molecule has 10 heteroatoms. The molecule has 178 valence electrons. The van der Waals surface area contributed by atoms with E-state index >= 15 is 0 Å². The van der Waals surface area contributed by atoms with Crippen LogP contribution in [0.2, 0.25) is 0 Å². The molecule has 2 aliphatic rings. The fraction of sp³-hybridized carbons (Fsp3) is 0.478. The number of benzene rings is 1. The summed E-state index contributed by atoms with van der Waals surface area (Å²) in [6, 6.07) is 6.19. The lowest BCUT2D eigenvalue weighted by molar-refractivity contribution is -0.138. The van der Waals surface area contributed by atoms with Crippen molar-refractivity contribution in [3.63, 3.8) is 0 Å². The summed E-state index contributed by atoms with van der Waals surface area (Å²) in [7, 11) is -1.92.